The van der Waals surface area contributed by atoms with E-state index in [1.54, 1.807) is 6.92 Å². The van der Waals surface area contributed by atoms with Gasteiger partial charge in [0.1, 0.15) is 11.9 Å². The minimum Gasteiger partial charge on any atom is -0.408 e. The molecule has 0 radical (unpaired) electrons. The number of aromatic nitrogens is 5. The number of hydrogen-bond donors (Lipinski definition) is 1. The lowest BCUT2D eigenvalue weighted by atomic mass is 9.88. The number of anilines is 2. The maximum Gasteiger partial charge on any atom is 0.416 e. The van der Waals surface area contributed by atoms with Crippen molar-refractivity contribution in [3.63, 3.8) is 0 Å². The molecule has 204 valence electrons. The largest absolute Gasteiger partial charge is 0.416 e. The summed E-state index contributed by atoms with van der Waals surface area (Å²) in [6.07, 6.45) is -7.31. The van der Waals surface area contributed by atoms with Gasteiger partial charge in [-0.2, -0.15) is 31.3 Å². The molecule has 2 fully saturated rings. The number of piperidine rings is 1. The maximum atomic E-state index is 13.9. The molecule has 2 bridgehead atoms. The molecule has 1 aliphatic carbocycles. The predicted octanol–water partition coefficient (Wildman–Crippen LogP) is 5.34. The predicted molar refractivity (Wildman–Crippen MR) is 123 cm³/mol. The molecule has 14 heteroatoms. The summed E-state index contributed by atoms with van der Waals surface area (Å²) in [6, 6.07) is 3.09. The van der Waals surface area contributed by atoms with Gasteiger partial charge in [0.05, 0.1) is 5.56 Å². The lowest BCUT2D eigenvalue weighted by Crippen LogP contribution is -2.48. The summed E-state index contributed by atoms with van der Waals surface area (Å²) in [4.78, 5) is 6.51. The van der Waals surface area contributed by atoms with Crippen LogP contribution in [0.1, 0.15) is 60.5 Å². The summed E-state index contributed by atoms with van der Waals surface area (Å²) in [6.45, 7) is 3.03. The molecule has 2 aliphatic heterocycles. The minimum atomic E-state index is -4.53. The number of benzene rings is 1. The fourth-order valence-electron chi connectivity index (χ4n) is 6.14. The summed E-state index contributed by atoms with van der Waals surface area (Å²) < 4.78 is 87.2. The van der Waals surface area contributed by atoms with E-state index in [0.29, 0.717) is 30.6 Å². The number of alkyl halides is 6. The Balaban J connectivity index is 1.26. The zero-order valence-corrected chi connectivity index (χ0v) is 20.3. The lowest BCUT2D eigenvalue weighted by Gasteiger charge is -2.37. The van der Waals surface area contributed by atoms with Gasteiger partial charge >= 0.3 is 18.4 Å². The number of aryl methyl sites for hydroxylation is 1. The Bertz CT molecular complexity index is 1290. The van der Waals surface area contributed by atoms with Crippen molar-refractivity contribution < 1.29 is 30.8 Å². The monoisotopic (exact) mass is 541 g/mol. The summed E-state index contributed by atoms with van der Waals surface area (Å²) >= 11 is 0. The van der Waals surface area contributed by atoms with Crippen molar-refractivity contribution in [1.29, 1.82) is 0 Å². The Kier molecular flexibility index (Phi) is 5.83. The van der Waals surface area contributed by atoms with Crippen molar-refractivity contribution in [3.05, 3.63) is 47.1 Å². The van der Waals surface area contributed by atoms with E-state index in [2.05, 4.69) is 25.6 Å². The standard InChI is InChI=1S/C24H25F6N7O/c1-12-33-34-22(38-12)36-10-14-2-3-15(11-36)19(14)31-21-32-20-17(8-9-18(24(28,29)30)37(20)35-21)13-4-6-16(7-5-13)23(25,26)27/h4-7,14-15,17-19H,2-3,8-11H2,1H3,(H,31,35)/t14-,15?,17?,18?,19-/m0/s1. The van der Waals surface area contributed by atoms with Crippen LogP contribution in [-0.2, 0) is 6.18 Å². The Hall–Kier alpha value is -3.32. The molecule has 3 aliphatic rings. The van der Waals surface area contributed by atoms with E-state index in [1.807, 2.05) is 4.90 Å². The number of nitrogens with one attached hydrogen (secondary N) is 1. The van der Waals surface area contributed by atoms with E-state index in [9.17, 15) is 26.3 Å². The molecule has 1 saturated heterocycles. The second-order valence-corrected chi connectivity index (χ2v) is 10.3. The SMILES string of the molecule is Cc1nnc(N2CC3CC[C@@H](C2)[C@@H]3Nc2nc3n(n2)C(C(F)(F)F)CCC3c2ccc(C(F)(F)F)cc2)o1. The topological polar surface area (TPSA) is 84.9 Å². The van der Waals surface area contributed by atoms with Gasteiger partial charge in [-0.15, -0.1) is 10.2 Å². The number of hydrogen-bond acceptors (Lipinski definition) is 7. The molecular weight excluding hydrogens is 516 g/mol. The van der Waals surface area contributed by atoms with Crippen molar-refractivity contribution in [1.82, 2.24) is 25.0 Å². The van der Waals surface area contributed by atoms with Crippen molar-refractivity contribution in [2.45, 2.75) is 63.0 Å². The van der Waals surface area contributed by atoms with Crippen molar-refractivity contribution in [2.24, 2.45) is 11.8 Å². The molecule has 6 rings (SSSR count). The Morgan fingerprint density at radius 1 is 0.921 bits per heavy atom. The van der Waals surface area contributed by atoms with Crippen LogP contribution in [-0.4, -0.2) is 50.3 Å². The maximum absolute atomic E-state index is 13.9. The Labute approximate surface area is 213 Å². The summed E-state index contributed by atoms with van der Waals surface area (Å²) in [5.74, 6) is 0.459. The third-order valence-electron chi connectivity index (χ3n) is 7.93. The smallest absolute Gasteiger partial charge is 0.408 e. The second-order valence-electron chi connectivity index (χ2n) is 10.3. The van der Waals surface area contributed by atoms with Crippen LogP contribution in [0.5, 0.6) is 0 Å². The van der Waals surface area contributed by atoms with Crippen LogP contribution in [0, 0.1) is 18.8 Å². The number of fused-ring (bicyclic) bond motifs is 3. The second kappa shape index (κ2) is 8.87. The van der Waals surface area contributed by atoms with E-state index in [0.717, 1.165) is 29.7 Å². The fraction of sp³-hybridized carbons (Fsp3) is 0.583. The van der Waals surface area contributed by atoms with E-state index >= 15 is 0 Å². The van der Waals surface area contributed by atoms with Gasteiger partial charge in [-0.25, -0.2) is 4.68 Å². The first-order valence-electron chi connectivity index (χ1n) is 12.5. The third kappa shape index (κ3) is 4.47. The number of halogens is 6. The van der Waals surface area contributed by atoms with Crippen molar-refractivity contribution >= 4 is 12.0 Å². The highest BCUT2D eigenvalue weighted by atomic mass is 19.4. The summed E-state index contributed by atoms with van der Waals surface area (Å²) in [5.41, 5.74) is -0.339. The van der Waals surface area contributed by atoms with Crippen LogP contribution >= 0.6 is 0 Å². The first kappa shape index (κ1) is 25.0. The molecule has 0 amide bonds. The lowest BCUT2D eigenvalue weighted by molar-refractivity contribution is -0.175. The third-order valence-corrected chi connectivity index (χ3v) is 7.93. The normalized spacial score (nSPS) is 27.4. The first-order chi connectivity index (χ1) is 18.0. The quantitative estimate of drug-likeness (QED) is 0.446. The average molecular weight is 542 g/mol. The molecule has 2 aromatic heterocycles. The average Bonchev–Trinajstić information content (AvgIpc) is 3.53. The molecular formula is C24H25F6N7O. The highest BCUT2D eigenvalue weighted by Gasteiger charge is 2.48. The van der Waals surface area contributed by atoms with Gasteiger partial charge in [-0.05, 0) is 55.2 Å². The molecule has 4 heterocycles. The van der Waals surface area contributed by atoms with E-state index in [4.69, 9.17) is 4.42 Å². The summed E-state index contributed by atoms with van der Waals surface area (Å²) in [5, 5.41) is 15.5. The van der Waals surface area contributed by atoms with Gasteiger partial charge < -0.3 is 14.6 Å². The van der Waals surface area contributed by atoms with Gasteiger partial charge in [0, 0.05) is 32.0 Å². The molecule has 1 aromatic carbocycles. The minimum absolute atomic E-state index is 0.0337. The van der Waals surface area contributed by atoms with Gasteiger partial charge in [0.15, 0.2) is 0 Å². The van der Waals surface area contributed by atoms with Gasteiger partial charge in [-0.3, -0.25) is 0 Å². The van der Waals surface area contributed by atoms with E-state index < -0.39 is 29.9 Å². The molecule has 3 aromatic rings. The van der Waals surface area contributed by atoms with Crippen molar-refractivity contribution in [3.8, 4) is 0 Å². The molecule has 8 nitrogen and oxygen atoms in total. The molecule has 0 spiro atoms. The number of rotatable bonds is 4. The fourth-order valence-corrected chi connectivity index (χ4v) is 6.14. The zero-order valence-electron chi connectivity index (χ0n) is 20.3. The van der Waals surface area contributed by atoms with Crippen molar-refractivity contribution in [2.75, 3.05) is 23.3 Å². The van der Waals surface area contributed by atoms with E-state index in [1.165, 1.54) is 12.1 Å². The van der Waals surface area contributed by atoms with Crippen LogP contribution in [0.25, 0.3) is 0 Å². The Morgan fingerprint density at radius 2 is 1.61 bits per heavy atom. The summed E-state index contributed by atoms with van der Waals surface area (Å²) in [7, 11) is 0. The Morgan fingerprint density at radius 3 is 2.18 bits per heavy atom. The molecule has 5 atom stereocenters. The van der Waals surface area contributed by atoms with Crippen LogP contribution in [0.2, 0.25) is 0 Å². The van der Waals surface area contributed by atoms with Crippen LogP contribution < -0.4 is 10.2 Å². The van der Waals surface area contributed by atoms with Crippen LogP contribution in [0.4, 0.5) is 38.3 Å². The van der Waals surface area contributed by atoms with Crippen LogP contribution in [0.3, 0.4) is 0 Å². The van der Waals surface area contributed by atoms with Gasteiger partial charge in [0.25, 0.3) is 0 Å². The zero-order chi connectivity index (χ0) is 26.8. The highest BCUT2D eigenvalue weighted by molar-refractivity contribution is 5.37. The highest BCUT2D eigenvalue weighted by Crippen LogP contribution is 2.45. The molecule has 1 N–H and O–H groups in total. The number of nitrogens with zero attached hydrogens (tertiary/aromatic N) is 6. The molecule has 1 saturated carbocycles. The van der Waals surface area contributed by atoms with E-state index in [-0.39, 0.29) is 42.5 Å². The van der Waals surface area contributed by atoms with Gasteiger partial charge in [-0.1, -0.05) is 17.2 Å². The molecule has 3 unspecified atom stereocenters. The molecule has 38 heavy (non-hydrogen) atoms. The van der Waals surface area contributed by atoms with Gasteiger partial charge in [0.2, 0.25) is 11.8 Å². The first-order valence-corrected chi connectivity index (χ1v) is 12.5. The van der Waals surface area contributed by atoms with Crippen LogP contribution in [0.15, 0.2) is 28.7 Å².